The number of carbonyl (C=O) groups is 1. The number of nitro benzene ring substituents is 1. The molecule has 6 heteroatoms. The molecule has 0 saturated carbocycles. The maximum absolute atomic E-state index is 14.3. The van der Waals surface area contributed by atoms with Gasteiger partial charge in [-0.1, -0.05) is 18.8 Å². The summed E-state index contributed by atoms with van der Waals surface area (Å²) in [5.74, 6) is 3.26. The van der Waals surface area contributed by atoms with Gasteiger partial charge >= 0.3 is 0 Å². The van der Waals surface area contributed by atoms with Crippen LogP contribution < -0.4 is 5.73 Å². The summed E-state index contributed by atoms with van der Waals surface area (Å²) in [7, 11) is 0. The van der Waals surface area contributed by atoms with E-state index < -0.39 is 28.3 Å². The summed E-state index contributed by atoms with van der Waals surface area (Å²) >= 11 is 0. The van der Waals surface area contributed by atoms with Crippen molar-refractivity contribution in [2.45, 2.75) is 40.0 Å². The average molecular weight is 306 g/mol. The van der Waals surface area contributed by atoms with Gasteiger partial charge in [-0.05, 0) is 27.2 Å². The number of carbonyl (C=O) groups excluding carboxylic acids is 1. The van der Waals surface area contributed by atoms with E-state index in [9.17, 15) is 19.3 Å². The van der Waals surface area contributed by atoms with E-state index >= 15 is 0 Å². The second-order valence-electron chi connectivity index (χ2n) is 6.01. The first-order valence-corrected chi connectivity index (χ1v) is 6.87. The third-order valence-electron chi connectivity index (χ3n) is 3.00. The molecule has 0 aliphatic rings. The lowest BCUT2D eigenvalue weighted by Gasteiger charge is -2.15. The zero-order chi connectivity index (χ0) is 17.1. The Kier molecular flexibility index (Phi) is 5.26. The highest BCUT2D eigenvalue weighted by atomic mass is 19.1. The lowest BCUT2D eigenvalue weighted by atomic mass is 9.89. The fourth-order valence-electron chi connectivity index (χ4n) is 1.97. The van der Waals surface area contributed by atoms with Gasteiger partial charge in [0.2, 0.25) is 5.91 Å². The molecular weight excluding hydrogens is 287 g/mol. The van der Waals surface area contributed by atoms with Gasteiger partial charge in [-0.25, -0.2) is 4.39 Å². The molecule has 1 amide bonds. The summed E-state index contributed by atoms with van der Waals surface area (Å²) in [6, 6.07) is 1.98. The normalized spacial score (nSPS) is 12.2. The Hall–Kier alpha value is -2.42. The van der Waals surface area contributed by atoms with E-state index in [1.54, 1.807) is 6.92 Å². The number of amides is 1. The highest BCUT2D eigenvalue weighted by molar-refractivity contribution is 5.83. The predicted molar refractivity (Wildman–Crippen MR) is 81.6 cm³/mol. The van der Waals surface area contributed by atoms with Gasteiger partial charge in [0.15, 0.2) is 0 Å². The molecule has 22 heavy (non-hydrogen) atoms. The van der Waals surface area contributed by atoms with Gasteiger partial charge in [0.05, 0.1) is 16.9 Å². The van der Waals surface area contributed by atoms with Crippen molar-refractivity contribution in [3.63, 3.8) is 0 Å². The molecule has 0 saturated heterocycles. The van der Waals surface area contributed by atoms with E-state index in [-0.39, 0.29) is 23.0 Å². The van der Waals surface area contributed by atoms with Crippen molar-refractivity contribution in [2.75, 3.05) is 0 Å². The van der Waals surface area contributed by atoms with Gasteiger partial charge < -0.3 is 5.73 Å². The van der Waals surface area contributed by atoms with Gasteiger partial charge in [-0.2, -0.15) is 0 Å². The minimum atomic E-state index is -0.870. The molecule has 1 unspecified atom stereocenters. The van der Waals surface area contributed by atoms with Crippen LogP contribution in [0.25, 0.3) is 0 Å². The second kappa shape index (κ2) is 6.56. The number of halogens is 1. The van der Waals surface area contributed by atoms with Crippen molar-refractivity contribution in [3.8, 4) is 11.8 Å². The second-order valence-corrected chi connectivity index (χ2v) is 6.01. The van der Waals surface area contributed by atoms with Crippen LogP contribution in [0, 0.1) is 33.2 Å². The van der Waals surface area contributed by atoms with Crippen LogP contribution in [0.5, 0.6) is 0 Å². The highest BCUT2D eigenvalue weighted by Crippen LogP contribution is 2.30. The van der Waals surface area contributed by atoms with Crippen LogP contribution >= 0.6 is 0 Å². The van der Waals surface area contributed by atoms with Crippen molar-refractivity contribution in [3.05, 3.63) is 39.2 Å². The molecule has 0 heterocycles. The van der Waals surface area contributed by atoms with Gasteiger partial charge in [0, 0.05) is 22.6 Å². The topological polar surface area (TPSA) is 86.2 Å². The largest absolute Gasteiger partial charge is 0.369 e. The van der Waals surface area contributed by atoms with Crippen LogP contribution in [0.2, 0.25) is 0 Å². The lowest BCUT2D eigenvalue weighted by Crippen LogP contribution is -2.22. The Morgan fingerprint density at radius 2 is 2.05 bits per heavy atom. The number of hydrogen-bond donors (Lipinski definition) is 1. The van der Waals surface area contributed by atoms with Crippen LogP contribution in [-0.4, -0.2) is 10.8 Å². The minimum Gasteiger partial charge on any atom is -0.369 e. The van der Waals surface area contributed by atoms with Crippen LogP contribution in [0.15, 0.2) is 12.1 Å². The fraction of sp³-hybridized carbons (Fsp3) is 0.438. The molecule has 0 aliphatic carbocycles. The van der Waals surface area contributed by atoms with E-state index in [2.05, 4.69) is 11.8 Å². The van der Waals surface area contributed by atoms with Crippen LogP contribution in [0.4, 0.5) is 10.1 Å². The molecular formula is C16H19FN2O3. The van der Waals surface area contributed by atoms with Crippen molar-refractivity contribution < 1.29 is 14.1 Å². The van der Waals surface area contributed by atoms with E-state index in [1.807, 2.05) is 20.8 Å². The maximum atomic E-state index is 14.3. The van der Waals surface area contributed by atoms with Crippen LogP contribution in [0.3, 0.4) is 0 Å². The predicted octanol–water partition coefficient (Wildman–Crippen LogP) is 3.11. The molecule has 0 radical (unpaired) electrons. The highest BCUT2D eigenvalue weighted by Gasteiger charge is 2.25. The number of hydrogen-bond acceptors (Lipinski definition) is 3. The molecule has 0 spiro atoms. The van der Waals surface area contributed by atoms with Gasteiger partial charge in [0.1, 0.15) is 5.82 Å². The van der Waals surface area contributed by atoms with Gasteiger partial charge in [-0.15, -0.1) is 0 Å². The van der Waals surface area contributed by atoms with Crippen molar-refractivity contribution in [2.24, 2.45) is 11.1 Å². The van der Waals surface area contributed by atoms with Crippen LogP contribution in [-0.2, 0) is 4.79 Å². The molecule has 1 atom stereocenters. The molecule has 5 nitrogen and oxygen atoms in total. The molecule has 1 rings (SSSR count). The summed E-state index contributed by atoms with van der Waals surface area (Å²) in [6.07, 6.45) is 0.286. The maximum Gasteiger partial charge on any atom is 0.273 e. The molecule has 0 aromatic heterocycles. The Morgan fingerprint density at radius 3 is 2.45 bits per heavy atom. The first-order valence-electron chi connectivity index (χ1n) is 6.87. The SMILES string of the molecule is CCC(C(N)=O)c1c(F)cc([N+](=O)[O-])cc1C#CC(C)(C)C. The Morgan fingerprint density at radius 1 is 1.45 bits per heavy atom. The summed E-state index contributed by atoms with van der Waals surface area (Å²) < 4.78 is 14.3. The monoisotopic (exact) mass is 306 g/mol. The number of nitrogens with zero attached hydrogens (tertiary/aromatic N) is 1. The summed E-state index contributed by atoms with van der Waals surface area (Å²) in [5.41, 5.74) is 4.69. The molecule has 0 bridgehead atoms. The van der Waals surface area contributed by atoms with E-state index in [0.29, 0.717) is 0 Å². The van der Waals surface area contributed by atoms with Crippen LogP contribution in [0.1, 0.15) is 51.2 Å². The smallest absolute Gasteiger partial charge is 0.273 e. The average Bonchev–Trinajstić information content (AvgIpc) is 2.37. The molecule has 118 valence electrons. The van der Waals surface area contributed by atoms with Crippen molar-refractivity contribution in [1.82, 2.24) is 0 Å². The molecule has 1 aromatic rings. The number of rotatable bonds is 4. The zero-order valence-electron chi connectivity index (χ0n) is 13.1. The summed E-state index contributed by atoms with van der Waals surface area (Å²) in [4.78, 5) is 21.7. The fourth-order valence-corrected chi connectivity index (χ4v) is 1.97. The Bertz CT molecular complexity index is 666. The molecule has 0 aliphatic heterocycles. The first-order chi connectivity index (χ1) is 10.1. The quantitative estimate of drug-likeness (QED) is 0.527. The third kappa shape index (κ3) is 4.29. The molecule has 0 fully saturated rings. The number of nitro groups is 1. The summed E-state index contributed by atoms with van der Waals surface area (Å²) in [5, 5.41) is 10.9. The Labute approximate surface area is 128 Å². The first kappa shape index (κ1) is 17.6. The minimum absolute atomic E-state index is 0.0253. The summed E-state index contributed by atoms with van der Waals surface area (Å²) in [6.45, 7) is 7.27. The number of non-ortho nitro benzene ring substituents is 1. The standard InChI is InChI=1S/C16H19FN2O3/c1-5-12(15(18)20)14-10(6-7-16(2,3)4)8-11(19(21)22)9-13(14)17/h8-9,12H,5H2,1-4H3,(H2,18,20). The number of primary amides is 1. The molecule has 1 aromatic carbocycles. The van der Waals surface area contributed by atoms with E-state index in [0.717, 1.165) is 6.07 Å². The van der Waals surface area contributed by atoms with Gasteiger partial charge in [-0.3, -0.25) is 14.9 Å². The third-order valence-corrected chi connectivity index (χ3v) is 3.00. The van der Waals surface area contributed by atoms with Gasteiger partial charge in [0.25, 0.3) is 5.69 Å². The van der Waals surface area contributed by atoms with E-state index in [1.165, 1.54) is 6.07 Å². The lowest BCUT2D eigenvalue weighted by molar-refractivity contribution is -0.385. The van der Waals surface area contributed by atoms with E-state index in [4.69, 9.17) is 5.73 Å². The van der Waals surface area contributed by atoms with Crippen molar-refractivity contribution >= 4 is 11.6 Å². The van der Waals surface area contributed by atoms with Crippen molar-refractivity contribution in [1.29, 1.82) is 0 Å². The Balaban J connectivity index is 3.62. The molecule has 2 N–H and O–H groups in total. The number of nitrogens with two attached hydrogens (primary N) is 1. The number of benzene rings is 1. The zero-order valence-corrected chi connectivity index (χ0v) is 13.1.